The van der Waals surface area contributed by atoms with Crippen LogP contribution in [0.5, 0.6) is 0 Å². The van der Waals surface area contributed by atoms with Crippen LogP contribution in [0.2, 0.25) is 0 Å². The van der Waals surface area contributed by atoms with Gasteiger partial charge in [-0.25, -0.2) is 8.42 Å². The topological polar surface area (TPSA) is 66.5 Å². The molecule has 2 aromatic carbocycles. The molecule has 2 aromatic rings. The van der Waals surface area contributed by atoms with E-state index in [1.807, 2.05) is 13.0 Å². The van der Waals surface area contributed by atoms with Crippen LogP contribution < -0.4 is 9.62 Å². The number of rotatable bonds is 9. The van der Waals surface area contributed by atoms with Crippen molar-refractivity contribution in [3.8, 4) is 0 Å². The van der Waals surface area contributed by atoms with Crippen molar-refractivity contribution >= 4 is 39.1 Å². The van der Waals surface area contributed by atoms with Gasteiger partial charge in [0.1, 0.15) is 0 Å². The molecule has 1 amide bonds. The van der Waals surface area contributed by atoms with Crippen LogP contribution in [0.1, 0.15) is 26.7 Å². The highest BCUT2D eigenvalue weighted by Gasteiger charge is 2.22. The third-order valence-corrected chi connectivity index (χ3v) is 7.13. The van der Waals surface area contributed by atoms with E-state index in [9.17, 15) is 13.2 Å². The van der Waals surface area contributed by atoms with Crippen LogP contribution in [-0.4, -0.2) is 32.4 Å². The van der Waals surface area contributed by atoms with E-state index in [2.05, 4.69) is 12.2 Å². The maximum Gasteiger partial charge on any atom is 0.264 e. The SMILES string of the molecule is CCCCSC(C)C(=O)Nc1cccc(S(=O)(=O)N(C)c2ccccc2)c1. The quantitative estimate of drug-likeness (QED) is 0.628. The van der Waals surface area contributed by atoms with Gasteiger partial charge in [-0.3, -0.25) is 9.10 Å². The maximum absolute atomic E-state index is 12.9. The summed E-state index contributed by atoms with van der Waals surface area (Å²) >= 11 is 1.60. The number of thioether (sulfide) groups is 1. The highest BCUT2D eigenvalue weighted by atomic mass is 32.2. The average molecular weight is 407 g/mol. The van der Waals surface area contributed by atoms with Gasteiger partial charge in [0.25, 0.3) is 10.0 Å². The number of para-hydroxylation sites is 1. The number of hydrogen-bond acceptors (Lipinski definition) is 4. The Morgan fingerprint density at radius 1 is 1.15 bits per heavy atom. The zero-order chi connectivity index (χ0) is 19.9. The molecule has 0 radical (unpaired) electrons. The summed E-state index contributed by atoms with van der Waals surface area (Å²) in [6.45, 7) is 3.98. The van der Waals surface area contributed by atoms with Crippen molar-refractivity contribution in [1.29, 1.82) is 0 Å². The van der Waals surface area contributed by atoms with Crippen LogP contribution >= 0.6 is 11.8 Å². The number of sulfonamides is 1. The van der Waals surface area contributed by atoms with Crippen LogP contribution in [0.4, 0.5) is 11.4 Å². The lowest BCUT2D eigenvalue weighted by Gasteiger charge is -2.20. The summed E-state index contributed by atoms with van der Waals surface area (Å²) in [5, 5.41) is 2.63. The lowest BCUT2D eigenvalue weighted by molar-refractivity contribution is -0.115. The molecule has 27 heavy (non-hydrogen) atoms. The molecule has 0 saturated carbocycles. The number of nitrogens with zero attached hydrogens (tertiary/aromatic N) is 1. The lowest BCUT2D eigenvalue weighted by atomic mass is 10.3. The number of carbonyl (C=O) groups is 1. The first-order valence-corrected chi connectivity index (χ1v) is 11.4. The Hall–Kier alpha value is -1.99. The van der Waals surface area contributed by atoms with Gasteiger partial charge in [-0.1, -0.05) is 37.6 Å². The number of hydrogen-bond donors (Lipinski definition) is 1. The van der Waals surface area contributed by atoms with Crippen molar-refractivity contribution in [2.75, 3.05) is 22.4 Å². The van der Waals surface area contributed by atoms with Gasteiger partial charge in [-0.2, -0.15) is 0 Å². The van der Waals surface area contributed by atoms with Gasteiger partial charge in [-0.15, -0.1) is 11.8 Å². The summed E-state index contributed by atoms with van der Waals surface area (Å²) in [6, 6.07) is 15.2. The Bertz CT molecular complexity index is 855. The number of unbranched alkanes of at least 4 members (excludes halogenated alkanes) is 1. The van der Waals surface area contributed by atoms with E-state index >= 15 is 0 Å². The van der Waals surface area contributed by atoms with E-state index < -0.39 is 10.0 Å². The Kier molecular flexibility index (Phi) is 7.74. The zero-order valence-corrected chi connectivity index (χ0v) is 17.5. The van der Waals surface area contributed by atoms with Gasteiger partial charge in [-0.05, 0) is 49.4 Å². The molecule has 0 aliphatic carbocycles. The third kappa shape index (κ3) is 5.74. The zero-order valence-electron chi connectivity index (χ0n) is 15.9. The molecule has 0 saturated heterocycles. The number of benzene rings is 2. The Morgan fingerprint density at radius 2 is 1.85 bits per heavy atom. The molecule has 146 valence electrons. The molecule has 0 aliphatic rings. The van der Waals surface area contributed by atoms with E-state index in [0.29, 0.717) is 11.4 Å². The standard InChI is InChI=1S/C20H26N2O3S2/c1-4-5-14-26-16(2)20(23)21-17-10-9-13-19(15-17)27(24,25)22(3)18-11-7-6-8-12-18/h6-13,15-16H,4-5,14H2,1-3H3,(H,21,23). The smallest absolute Gasteiger partial charge is 0.264 e. The van der Waals surface area contributed by atoms with Gasteiger partial charge < -0.3 is 5.32 Å². The number of anilines is 2. The largest absolute Gasteiger partial charge is 0.325 e. The molecule has 0 aliphatic heterocycles. The van der Waals surface area contributed by atoms with Crippen molar-refractivity contribution in [2.24, 2.45) is 0 Å². The molecule has 1 atom stereocenters. The van der Waals surface area contributed by atoms with Crippen LogP contribution in [0, 0.1) is 0 Å². The minimum Gasteiger partial charge on any atom is -0.325 e. The van der Waals surface area contributed by atoms with E-state index in [1.165, 1.54) is 23.5 Å². The Labute approximate surface area is 166 Å². The summed E-state index contributed by atoms with van der Waals surface area (Å²) in [5.74, 6) is 0.809. The molecule has 0 aromatic heterocycles. The molecule has 2 rings (SSSR count). The number of nitrogens with one attached hydrogen (secondary N) is 1. The van der Waals surface area contributed by atoms with Gasteiger partial charge in [0.2, 0.25) is 5.91 Å². The van der Waals surface area contributed by atoms with Gasteiger partial charge in [0.15, 0.2) is 0 Å². The minimum atomic E-state index is -3.71. The second-order valence-electron chi connectivity index (χ2n) is 6.19. The first-order valence-electron chi connectivity index (χ1n) is 8.92. The second kappa shape index (κ2) is 9.80. The fourth-order valence-corrected chi connectivity index (χ4v) is 4.65. The molecule has 0 fully saturated rings. The fourth-order valence-electron chi connectivity index (χ4n) is 2.39. The van der Waals surface area contributed by atoms with Gasteiger partial charge >= 0.3 is 0 Å². The van der Waals surface area contributed by atoms with E-state index in [0.717, 1.165) is 18.6 Å². The highest BCUT2D eigenvalue weighted by Crippen LogP contribution is 2.24. The Balaban J connectivity index is 2.13. The molecule has 0 heterocycles. The van der Waals surface area contributed by atoms with E-state index in [-0.39, 0.29) is 16.1 Å². The van der Waals surface area contributed by atoms with Crippen LogP contribution in [-0.2, 0) is 14.8 Å². The monoisotopic (exact) mass is 406 g/mol. The summed E-state index contributed by atoms with van der Waals surface area (Å²) in [6.07, 6.45) is 2.16. The minimum absolute atomic E-state index is 0.123. The highest BCUT2D eigenvalue weighted by molar-refractivity contribution is 8.00. The number of carbonyl (C=O) groups excluding carboxylic acids is 1. The average Bonchev–Trinajstić information content (AvgIpc) is 2.68. The summed E-state index contributed by atoms with van der Waals surface area (Å²) < 4.78 is 27.0. The molecular weight excluding hydrogens is 380 g/mol. The first kappa shape index (κ1) is 21.3. The summed E-state index contributed by atoms with van der Waals surface area (Å²) in [4.78, 5) is 12.5. The lowest BCUT2D eigenvalue weighted by Crippen LogP contribution is -2.27. The number of amides is 1. The van der Waals surface area contributed by atoms with Crippen LogP contribution in [0.3, 0.4) is 0 Å². The summed E-state index contributed by atoms with van der Waals surface area (Å²) in [5.41, 5.74) is 1.05. The van der Waals surface area contributed by atoms with Crippen molar-refractivity contribution in [3.63, 3.8) is 0 Å². The van der Waals surface area contributed by atoms with E-state index in [4.69, 9.17) is 0 Å². The van der Waals surface area contributed by atoms with Gasteiger partial charge in [0, 0.05) is 12.7 Å². The molecule has 0 spiro atoms. The molecule has 5 nitrogen and oxygen atoms in total. The van der Waals surface area contributed by atoms with E-state index in [1.54, 1.807) is 48.2 Å². The van der Waals surface area contributed by atoms with Crippen molar-refractivity contribution in [3.05, 3.63) is 54.6 Å². The predicted molar refractivity (Wildman–Crippen MR) is 114 cm³/mol. The molecule has 7 heteroatoms. The van der Waals surface area contributed by atoms with Crippen LogP contribution in [0.25, 0.3) is 0 Å². The second-order valence-corrected chi connectivity index (χ2v) is 9.61. The normalized spacial score (nSPS) is 12.4. The fraction of sp³-hybridized carbons (Fsp3) is 0.350. The molecule has 0 bridgehead atoms. The van der Waals surface area contributed by atoms with Crippen molar-refractivity contribution in [1.82, 2.24) is 0 Å². The molecule has 1 N–H and O–H groups in total. The Morgan fingerprint density at radius 3 is 2.52 bits per heavy atom. The molecule has 1 unspecified atom stereocenters. The third-order valence-electron chi connectivity index (χ3n) is 4.11. The first-order chi connectivity index (χ1) is 12.9. The van der Waals surface area contributed by atoms with Crippen molar-refractivity contribution < 1.29 is 13.2 Å². The van der Waals surface area contributed by atoms with Crippen molar-refractivity contribution in [2.45, 2.75) is 36.8 Å². The predicted octanol–water partition coefficient (Wildman–Crippen LogP) is 4.37. The summed E-state index contributed by atoms with van der Waals surface area (Å²) in [7, 11) is -2.20. The van der Waals surface area contributed by atoms with Gasteiger partial charge in [0.05, 0.1) is 15.8 Å². The molecular formula is C20H26N2O3S2. The van der Waals surface area contributed by atoms with Crippen LogP contribution in [0.15, 0.2) is 59.5 Å². The maximum atomic E-state index is 12.9.